The number of hydrogen-bond donors (Lipinski definition) is 2. The Balaban J connectivity index is 1.43. The van der Waals surface area contributed by atoms with E-state index >= 15 is 0 Å². The van der Waals surface area contributed by atoms with Gasteiger partial charge in [-0.3, -0.25) is 9.59 Å². The van der Waals surface area contributed by atoms with Gasteiger partial charge in [-0.05, 0) is 36.4 Å². The number of aromatic nitrogens is 4. The average Bonchev–Trinajstić information content (AvgIpc) is 3.59. The Morgan fingerprint density at radius 1 is 1.15 bits per heavy atom. The van der Waals surface area contributed by atoms with E-state index in [4.69, 9.17) is 27.6 Å². The van der Waals surface area contributed by atoms with Crippen LogP contribution in [0.3, 0.4) is 0 Å². The molecule has 170 valence electrons. The number of hydrogen-bond acceptors (Lipinski definition) is 7. The molecule has 0 aliphatic rings. The zero-order valence-electron chi connectivity index (χ0n) is 17.4. The van der Waals surface area contributed by atoms with Crippen LogP contribution >= 0.6 is 34.5 Å². The lowest BCUT2D eigenvalue weighted by Crippen LogP contribution is -2.25. The molecule has 0 saturated heterocycles. The van der Waals surface area contributed by atoms with Crippen molar-refractivity contribution in [2.45, 2.75) is 0 Å². The van der Waals surface area contributed by atoms with Gasteiger partial charge < -0.3 is 19.6 Å². The van der Waals surface area contributed by atoms with Crippen molar-refractivity contribution in [3.05, 3.63) is 75.9 Å². The second-order valence-electron chi connectivity index (χ2n) is 7.12. The highest BCUT2D eigenvalue weighted by Gasteiger charge is 2.19. The van der Waals surface area contributed by atoms with Crippen LogP contribution < -0.4 is 10.2 Å². The van der Waals surface area contributed by atoms with E-state index in [0.717, 1.165) is 0 Å². The molecule has 0 spiro atoms. The summed E-state index contributed by atoms with van der Waals surface area (Å²) in [7, 11) is 1.64. The van der Waals surface area contributed by atoms with Crippen molar-refractivity contribution in [2.75, 3.05) is 17.3 Å². The van der Waals surface area contributed by atoms with Gasteiger partial charge in [-0.1, -0.05) is 34.5 Å². The van der Waals surface area contributed by atoms with Crippen molar-refractivity contribution in [2.24, 2.45) is 0 Å². The molecule has 0 radical (unpaired) electrons. The topological polar surface area (TPSA) is 117 Å². The molecule has 4 aromatic heterocycles. The van der Waals surface area contributed by atoms with Gasteiger partial charge in [-0.25, -0.2) is 15.0 Å². The summed E-state index contributed by atoms with van der Waals surface area (Å²) in [5.41, 5.74) is 2.39. The summed E-state index contributed by atoms with van der Waals surface area (Å²) in [4.78, 5) is 42.5. The normalized spacial score (nSPS) is 11.0. The number of nitrogens with zero attached hydrogens (tertiary/aromatic N) is 4. The molecule has 12 heteroatoms. The van der Waals surface area contributed by atoms with Crippen LogP contribution in [-0.4, -0.2) is 38.8 Å². The molecule has 34 heavy (non-hydrogen) atoms. The predicted octanol–water partition coefficient (Wildman–Crippen LogP) is 5.51. The van der Waals surface area contributed by atoms with Crippen LogP contribution in [-0.2, 0) is 0 Å². The molecule has 0 bridgehead atoms. The number of imidazole rings is 1. The molecule has 2 N–H and O–H groups in total. The van der Waals surface area contributed by atoms with Crippen molar-refractivity contribution >= 4 is 68.2 Å². The van der Waals surface area contributed by atoms with Gasteiger partial charge in [0.2, 0.25) is 0 Å². The Labute approximate surface area is 206 Å². The molecule has 0 unspecified atom stereocenters. The Hall–Kier alpha value is -3.73. The van der Waals surface area contributed by atoms with Crippen LogP contribution in [0.5, 0.6) is 0 Å². The molecule has 4 heterocycles. The lowest BCUT2D eigenvalue weighted by Gasteiger charge is -2.13. The molecular weight excluding hydrogens is 499 g/mol. The molecule has 5 rings (SSSR count). The first-order chi connectivity index (χ1) is 16.4. The van der Waals surface area contributed by atoms with Gasteiger partial charge in [-0.2, -0.15) is 0 Å². The van der Waals surface area contributed by atoms with Gasteiger partial charge >= 0.3 is 0 Å². The van der Waals surface area contributed by atoms with Crippen LogP contribution in [0, 0.1) is 0 Å². The number of fused-ring (bicyclic) bond motifs is 1. The van der Waals surface area contributed by atoms with E-state index < -0.39 is 0 Å². The number of rotatable bonds is 5. The molecule has 0 aliphatic carbocycles. The number of pyridine rings is 1. The lowest BCUT2D eigenvalue weighted by atomic mass is 10.2. The summed E-state index contributed by atoms with van der Waals surface area (Å²) in [6.45, 7) is 0. The number of H-pyrrole nitrogens is 1. The van der Waals surface area contributed by atoms with Crippen LogP contribution in [0.25, 0.3) is 22.6 Å². The third-order valence-electron chi connectivity index (χ3n) is 4.91. The minimum Gasteiger partial charge on any atom is -0.459 e. The van der Waals surface area contributed by atoms with E-state index in [0.29, 0.717) is 48.3 Å². The zero-order chi connectivity index (χ0) is 23.8. The summed E-state index contributed by atoms with van der Waals surface area (Å²) in [6, 6.07) is 9.88. The van der Waals surface area contributed by atoms with E-state index in [2.05, 4.69) is 25.3 Å². The number of anilines is 2. The number of benzene rings is 1. The molecule has 9 nitrogen and oxygen atoms in total. The number of nitrogens with one attached hydrogen (secondary N) is 2. The summed E-state index contributed by atoms with van der Waals surface area (Å²) in [5, 5.41) is 3.79. The lowest BCUT2D eigenvalue weighted by molar-refractivity contribution is 0.0987. The highest BCUT2D eigenvalue weighted by molar-refractivity contribution is 7.19. The van der Waals surface area contributed by atoms with Gasteiger partial charge in [0, 0.05) is 24.5 Å². The zero-order valence-corrected chi connectivity index (χ0v) is 19.7. The van der Waals surface area contributed by atoms with Gasteiger partial charge in [0.1, 0.15) is 10.8 Å². The van der Waals surface area contributed by atoms with Gasteiger partial charge in [0.15, 0.2) is 15.9 Å². The molecule has 0 aliphatic heterocycles. The first-order valence-corrected chi connectivity index (χ1v) is 11.4. The number of aromatic amines is 1. The highest BCUT2D eigenvalue weighted by atomic mass is 35.5. The Morgan fingerprint density at radius 2 is 2.00 bits per heavy atom. The van der Waals surface area contributed by atoms with E-state index in [1.807, 2.05) is 0 Å². The predicted molar refractivity (Wildman–Crippen MR) is 131 cm³/mol. The minimum absolute atomic E-state index is 0.187. The molecule has 1 aromatic carbocycles. The Kier molecular flexibility index (Phi) is 5.78. The van der Waals surface area contributed by atoms with E-state index in [-0.39, 0.29) is 17.6 Å². The molecular formula is C22H14Cl2N6O3S. The van der Waals surface area contributed by atoms with Gasteiger partial charge in [0.05, 0.1) is 28.6 Å². The number of thiazole rings is 1. The number of halogens is 2. The van der Waals surface area contributed by atoms with Crippen molar-refractivity contribution in [3.63, 3.8) is 0 Å². The number of carbonyl (C=O) groups excluding carboxylic acids is 2. The van der Waals surface area contributed by atoms with Crippen LogP contribution in [0.15, 0.2) is 59.5 Å². The first-order valence-electron chi connectivity index (χ1n) is 9.79. The maximum absolute atomic E-state index is 12.9. The van der Waals surface area contributed by atoms with Crippen molar-refractivity contribution in [1.29, 1.82) is 0 Å². The molecule has 2 amide bonds. The largest absolute Gasteiger partial charge is 0.459 e. The standard InChI is InChI=1S/C22H14Cl2N6O3S/c1-30(17-10-26-22(24)34-17)21(32)11-7-15-19(25-9-11)29-18(28-15)13-8-12(4-5-14(13)23)27-20(31)16-3-2-6-33-16/h2-10H,1H3,(H,27,31)(H,25,28,29). The van der Waals surface area contributed by atoms with Crippen molar-refractivity contribution in [3.8, 4) is 11.4 Å². The minimum atomic E-state index is -0.390. The van der Waals surface area contributed by atoms with Gasteiger partial charge in [-0.15, -0.1) is 0 Å². The molecule has 0 atom stereocenters. The first kappa shape index (κ1) is 22.1. The highest BCUT2D eigenvalue weighted by Crippen LogP contribution is 2.31. The fraction of sp³-hybridized carbons (Fsp3) is 0.0455. The second-order valence-corrected chi connectivity index (χ2v) is 9.12. The fourth-order valence-electron chi connectivity index (χ4n) is 3.22. The fourth-order valence-corrected chi connectivity index (χ4v) is 4.32. The maximum atomic E-state index is 12.9. The van der Waals surface area contributed by atoms with Crippen molar-refractivity contribution in [1.82, 2.24) is 19.9 Å². The van der Waals surface area contributed by atoms with Crippen molar-refractivity contribution < 1.29 is 14.0 Å². The van der Waals surface area contributed by atoms with Gasteiger partial charge in [0.25, 0.3) is 11.8 Å². The summed E-state index contributed by atoms with van der Waals surface area (Å²) >= 11 is 13.5. The number of carbonyl (C=O) groups is 2. The number of amides is 2. The smallest absolute Gasteiger partial charge is 0.291 e. The summed E-state index contributed by atoms with van der Waals surface area (Å²) < 4.78 is 5.47. The Bertz CT molecular complexity index is 1530. The van der Waals surface area contributed by atoms with Crippen LogP contribution in [0.4, 0.5) is 10.7 Å². The SMILES string of the molecule is CN(C(=O)c1cnc2nc(-c3cc(NC(=O)c4ccco4)ccc3Cl)[nH]c2c1)c1cnc(Cl)s1. The van der Waals surface area contributed by atoms with E-state index in [9.17, 15) is 9.59 Å². The van der Waals surface area contributed by atoms with Crippen LogP contribution in [0.2, 0.25) is 9.49 Å². The Morgan fingerprint density at radius 3 is 2.74 bits per heavy atom. The maximum Gasteiger partial charge on any atom is 0.291 e. The average molecular weight is 513 g/mol. The molecule has 0 saturated carbocycles. The quantitative estimate of drug-likeness (QED) is 0.320. The third kappa shape index (κ3) is 4.26. The molecule has 0 fully saturated rings. The second kappa shape index (κ2) is 8.90. The summed E-state index contributed by atoms with van der Waals surface area (Å²) in [6.07, 6.45) is 4.41. The number of furan rings is 1. The van der Waals surface area contributed by atoms with Crippen LogP contribution in [0.1, 0.15) is 20.9 Å². The van der Waals surface area contributed by atoms with E-state index in [1.54, 1.807) is 43.4 Å². The third-order valence-corrected chi connectivity index (χ3v) is 6.43. The van der Waals surface area contributed by atoms with E-state index in [1.165, 1.54) is 34.9 Å². The molecule has 5 aromatic rings. The monoisotopic (exact) mass is 512 g/mol. The summed E-state index contributed by atoms with van der Waals surface area (Å²) in [5.74, 6) is -0.0356.